The Morgan fingerprint density at radius 1 is 1.06 bits per heavy atom. The smallest absolute Gasteiger partial charge is 0.341 e. The van der Waals surface area contributed by atoms with Crippen molar-refractivity contribution in [3.8, 4) is 11.3 Å². The maximum Gasteiger partial charge on any atom is 0.341 e. The Balaban J connectivity index is 1.89. The van der Waals surface area contributed by atoms with Crippen molar-refractivity contribution in [3.63, 3.8) is 0 Å². The Morgan fingerprint density at radius 2 is 1.78 bits per heavy atom. The summed E-state index contributed by atoms with van der Waals surface area (Å²) in [5, 5.41) is 4.47. The standard InChI is InChI=1S/C26H21Cl2N3O4S/c1-4-35-26(34)20-13(3)22(23(29)32)36-25(20)31-24(33)19-12(2)21(15-10-9-14(27)11-17(15)28)30-18-8-6-5-7-16(18)19/h5-11H,4H2,1-3H3,(H2,29,32)(H,31,33). The van der Waals surface area contributed by atoms with Crippen molar-refractivity contribution >= 4 is 68.2 Å². The molecule has 0 unspecified atom stereocenters. The molecule has 10 heteroatoms. The van der Waals surface area contributed by atoms with Crippen LogP contribution in [0.15, 0.2) is 42.5 Å². The molecule has 3 N–H and O–H groups in total. The molecule has 0 saturated heterocycles. The third-order valence-electron chi connectivity index (χ3n) is 5.63. The summed E-state index contributed by atoms with van der Waals surface area (Å²) in [5.74, 6) is -1.84. The van der Waals surface area contributed by atoms with Gasteiger partial charge in [-0.1, -0.05) is 41.4 Å². The molecular formula is C26H21Cl2N3O4S. The van der Waals surface area contributed by atoms with Crippen molar-refractivity contribution in [2.45, 2.75) is 20.8 Å². The largest absolute Gasteiger partial charge is 0.462 e. The van der Waals surface area contributed by atoms with E-state index in [0.29, 0.717) is 48.9 Å². The monoisotopic (exact) mass is 541 g/mol. The van der Waals surface area contributed by atoms with E-state index in [-0.39, 0.29) is 22.0 Å². The number of rotatable bonds is 6. The molecule has 0 aliphatic heterocycles. The lowest BCUT2D eigenvalue weighted by Gasteiger charge is -2.16. The number of esters is 1. The first-order valence-corrected chi connectivity index (χ1v) is 12.5. The molecule has 0 atom stereocenters. The molecule has 0 saturated carbocycles. The summed E-state index contributed by atoms with van der Waals surface area (Å²) in [5.41, 5.74) is 8.60. The van der Waals surface area contributed by atoms with E-state index in [0.717, 1.165) is 11.3 Å². The number of para-hydroxylation sites is 1. The van der Waals surface area contributed by atoms with Crippen LogP contribution in [0.4, 0.5) is 5.00 Å². The fourth-order valence-electron chi connectivity index (χ4n) is 3.99. The first-order valence-electron chi connectivity index (χ1n) is 10.9. The molecule has 7 nitrogen and oxygen atoms in total. The molecule has 0 fully saturated rings. The highest BCUT2D eigenvalue weighted by atomic mass is 35.5. The van der Waals surface area contributed by atoms with Crippen molar-refractivity contribution < 1.29 is 19.1 Å². The topological polar surface area (TPSA) is 111 Å². The van der Waals surface area contributed by atoms with Gasteiger partial charge in [-0.25, -0.2) is 9.78 Å². The van der Waals surface area contributed by atoms with Crippen LogP contribution in [-0.4, -0.2) is 29.4 Å². The van der Waals surface area contributed by atoms with E-state index < -0.39 is 17.8 Å². The molecule has 0 bridgehead atoms. The highest BCUT2D eigenvalue weighted by molar-refractivity contribution is 7.18. The first kappa shape index (κ1) is 25.6. The molecule has 2 heterocycles. The number of thiophene rings is 1. The molecule has 184 valence electrons. The number of hydrogen-bond acceptors (Lipinski definition) is 6. The van der Waals surface area contributed by atoms with Gasteiger partial charge in [0.05, 0.1) is 38.8 Å². The van der Waals surface area contributed by atoms with Crippen molar-refractivity contribution in [2.24, 2.45) is 5.73 Å². The van der Waals surface area contributed by atoms with Gasteiger partial charge in [0.25, 0.3) is 11.8 Å². The minimum absolute atomic E-state index is 0.0981. The van der Waals surface area contributed by atoms with Crippen LogP contribution in [0.25, 0.3) is 22.2 Å². The van der Waals surface area contributed by atoms with E-state index in [9.17, 15) is 14.4 Å². The van der Waals surface area contributed by atoms with E-state index in [1.165, 1.54) is 0 Å². The predicted octanol–water partition coefficient (Wildman–Crippen LogP) is 6.41. The second kappa shape index (κ2) is 10.3. The van der Waals surface area contributed by atoms with Gasteiger partial charge < -0.3 is 15.8 Å². The molecule has 0 spiro atoms. The molecule has 2 aromatic carbocycles. The average molecular weight is 542 g/mol. The van der Waals surface area contributed by atoms with Gasteiger partial charge in [-0.15, -0.1) is 11.3 Å². The van der Waals surface area contributed by atoms with Crippen LogP contribution < -0.4 is 11.1 Å². The molecular weight excluding hydrogens is 521 g/mol. The zero-order chi connectivity index (χ0) is 26.1. The molecule has 0 aliphatic rings. The summed E-state index contributed by atoms with van der Waals surface area (Å²) in [6, 6.07) is 12.3. The number of ether oxygens (including phenoxy) is 1. The van der Waals surface area contributed by atoms with Crippen LogP contribution in [0.2, 0.25) is 10.0 Å². The van der Waals surface area contributed by atoms with Crippen molar-refractivity contribution in [3.05, 3.63) is 79.6 Å². The fourth-order valence-corrected chi connectivity index (χ4v) is 5.53. The van der Waals surface area contributed by atoms with E-state index in [1.807, 2.05) is 6.07 Å². The Kier molecular flexibility index (Phi) is 7.31. The lowest BCUT2D eigenvalue weighted by atomic mass is 9.97. The van der Waals surface area contributed by atoms with Gasteiger partial charge in [-0.2, -0.15) is 0 Å². The number of amides is 2. The van der Waals surface area contributed by atoms with Crippen LogP contribution in [0.3, 0.4) is 0 Å². The number of carbonyl (C=O) groups excluding carboxylic acids is 3. The van der Waals surface area contributed by atoms with Gasteiger partial charge >= 0.3 is 5.97 Å². The first-order chi connectivity index (χ1) is 17.1. The summed E-state index contributed by atoms with van der Waals surface area (Å²) in [6.45, 7) is 5.16. The predicted molar refractivity (Wildman–Crippen MR) is 143 cm³/mol. The lowest BCUT2D eigenvalue weighted by Crippen LogP contribution is -2.17. The van der Waals surface area contributed by atoms with Crippen LogP contribution in [0.5, 0.6) is 0 Å². The molecule has 0 aliphatic carbocycles. The molecule has 2 aromatic heterocycles. The Labute approximate surface area is 221 Å². The average Bonchev–Trinajstić information content (AvgIpc) is 3.15. The number of nitrogens with two attached hydrogens (primary N) is 1. The SMILES string of the molecule is CCOC(=O)c1c(NC(=O)c2c(C)c(-c3ccc(Cl)cc3Cl)nc3ccccc23)sc(C(N)=O)c1C. The summed E-state index contributed by atoms with van der Waals surface area (Å²) in [7, 11) is 0. The zero-order valence-electron chi connectivity index (χ0n) is 19.6. The normalized spacial score (nSPS) is 10.9. The number of hydrogen-bond donors (Lipinski definition) is 2. The second-order valence-corrected chi connectivity index (χ2v) is 9.77. The summed E-state index contributed by atoms with van der Waals surface area (Å²) in [6.07, 6.45) is 0. The quantitative estimate of drug-likeness (QED) is 0.273. The van der Waals surface area contributed by atoms with Crippen LogP contribution in [0, 0.1) is 13.8 Å². The van der Waals surface area contributed by atoms with Crippen molar-refractivity contribution in [1.82, 2.24) is 4.98 Å². The van der Waals surface area contributed by atoms with Gasteiger partial charge in [-0.3, -0.25) is 9.59 Å². The second-order valence-electron chi connectivity index (χ2n) is 7.90. The third kappa shape index (κ3) is 4.67. The van der Waals surface area contributed by atoms with Crippen LogP contribution in [0.1, 0.15) is 48.4 Å². The Morgan fingerprint density at radius 3 is 2.44 bits per heavy atom. The summed E-state index contributed by atoms with van der Waals surface area (Å²) < 4.78 is 5.15. The molecule has 2 amide bonds. The molecule has 0 radical (unpaired) electrons. The van der Waals surface area contributed by atoms with Gasteiger partial charge in [-0.05, 0) is 56.2 Å². The minimum atomic E-state index is -0.700. The van der Waals surface area contributed by atoms with E-state index in [4.69, 9.17) is 38.7 Å². The number of fused-ring (bicyclic) bond motifs is 1. The summed E-state index contributed by atoms with van der Waals surface area (Å²) >= 11 is 13.5. The third-order valence-corrected chi connectivity index (χ3v) is 7.40. The maximum atomic E-state index is 13.7. The lowest BCUT2D eigenvalue weighted by molar-refractivity contribution is 0.0527. The fraction of sp³-hybridized carbons (Fsp3) is 0.154. The number of pyridine rings is 1. The summed E-state index contributed by atoms with van der Waals surface area (Å²) in [4.78, 5) is 43.3. The Bertz CT molecular complexity index is 1550. The van der Waals surface area contributed by atoms with E-state index >= 15 is 0 Å². The molecule has 4 aromatic rings. The number of benzene rings is 2. The number of carbonyl (C=O) groups is 3. The number of nitrogens with zero attached hydrogens (tertiary/aromatic N) is 1. The number of anilines is 1. The number of nitrogens with one attached hydrogen (secondary N) is 1. The molecule has 4 rings (SSSR count). The number of primary amides is 1. The number of halogens is 2. The highest BCUT2D eigenvalue weighted by Crippen LogP contribution is 2.37. The maximum absolute atomic E-state index is 13.7. The van der Waals surface area contributed by atoms with E-state index in [1.54, 1.807) is 57.2 Å². The zero-order valence-corrected chi connectivity index (χ0v) is 21.9. The van der Waals surface area contributed by atoms with Gasteiger partial charge in [0.15, 0.2) is 0 Å². The highest BCUT2D eigenvalue weighted by Gasteiger charge is 2.27. The van der Waals surface area contributed by atoms with Crippen molar-refractivity contribution in [2.75, 3.05) is 11.9 Å². The van der Waals surface area contributed by atoms with Gasteiger partial charge in [0.2, 0.25) is 0 Å². The van der Waals surface area contributed by atoms with Gasteiger partial charge in [0, 0.05) is 16.0 Å². The van der Waals surface area contributed by atoms with Crippen molar-refractivity contribution in [1.29, 1.82) is 0 Å². The van der Waals surface area contributed by atoms with Crippen LogP contribution in [-0.2, 0) is 4.74 Å². The number of aromatic nitrogens is 1. The van der Waals surface area contributed by atoms with Crippen LogP contribution >= 0.6 is 34.5 Å². The van der Waals surface area contributed by atoms with Gasteiger partial charge in [0.1, 0.15) is 5.00 Å². The van der Waals surface area contributed by atoms with E-state index in [2.05, 4.69) is 5.32 Å². The molecule has 36 heavy (non-hydrogen) atoms. The minimum Gasteiger partial charge on any atom is -0.462 e. The Hall–Kier alpha value is -3.46.